The van der Waals surface area contributed by atoms with Crippen LogP contribution in [0, 0.1) is 11.3 Å². The molecule has 1 aromatic rings. The third kappa shape index (κ3) is 5.13. The maximum atomic E-state index is 11.9. The molecule has 0 radical (unpaired) electrons. The monoisotopic (exact) mass is 302 g/mol. The Kier molecular flexibility index (Phi) is 6.97. The molecule has 0 aliphatic carbocycles. The summed E-state index contributed by atoms with van der Waals surface area (Å²) in [6, 6.07) is 7.19. The zero-order valence-corrected chi connectivity index (χ0v) is 13.5. The number of rotatable bonds is 7. The number of methoxy groups -OCH3 is 1. The van der Waals surface area contributed by atoms with Gasteiger partial charge >= 0.3 is 0 Å². The Labute approximate surface area is 131 Å². The van der Waals surface area contributed by atoms with Crippen molar-refractivity contribution < 1.29 is 14.3 Å². The minimum atomic E-state index is -0.385. The highest BCUT2D eigenvalue weighted by Gasteiger charge is 2.11. The summed E-state index contributed by atoms with van der Waals surface area (Å²) in [5.41, 5.74) is 0.766. The van der Waals surface area contributed by atoms with Crippen molar-refractivity contribution in [3.05, 3.63) is 29.3 Å². The van der Waals surface area contributed by atoms with Crippen molar-refractivity contribution in [1.82, 2.24) is 5.32 Å². The maximum Gasteiger partial charge on any atom is 0.262 e. The van der Waals surface area contributed by atoms with Crippen LogP contribution in [-0.4, -0.2) is 25.7 Å². The van der Waals surface area contributed by atoms with Crippen molar-refractivity contribution in [3.8, 4) is 17.6 Å². The first-order valence-electron chi connectivity index (χ1n) is 7.25. The average Bonchev–Trinajstić information content (AvgIpc) is 2.49. The molecule has 1 rings (SSSR count). The van der Waals surface area contributed by atoms with Crippen LogP contribution < -0.4 is 14.8 Å². The highest BCUT2D eigenvalue weighted by molar-refractivity contribution is 6.01. The van der Waals surface area contributed by atoms with Gasteiger partial charge in [0.25, 0.3) is 5.91 Å². The molecule has 0 fully saturated rings. The van der Waals surface area contributed by atoms with Crippen LogP contribution in [0.2, 0.25) is 0 Å². The van der Waals surface area contributed by atoms with E-state index in [0.717, 1.165) is 6.42 Å². The molecule has 5 nitrogen and oxygen atoms in total. The van der Waals surface area contributed by atoms with E-state index < -0.39 is 0 Å². The van der Waals surface area contributed by atoms with Gasteiger partial charge in [-0.1, -0.05) is 13.0 Å². The Balaban J connectivity index is 3.07. The fraction of sp³-hybridized carbons (Fsp3) is 0.412. The lowest BCUT2D eigenvalue weighted by Gasteiger charge is -2.11. The van der Waals surface area contributed by atoms with Gasteiger partial charge < -0.3 is 14.8 Å². The van der Waals surface area contributed by atoms with Crippen molar-refractivity contribution in [3.63, 3.8) is 0 Å². The fourth-order valence-electron chi connectivity index (χ4n) is 1.76. The summed E-state index contributed by atoms with van der Waals surface area (Å²) in [4.78, 5) is 11.9. The van der Waals surface area contributed by atoms with Crippen molar-refractivity contribution in [2.24, 2.45) is 0 Å². The number of carbonyl (C=O) groups is 1. The third-order valence-electron chi connectivity index (χ3n) is 2.75. The number of ether oxygens (including phenoxy) is 2. The van der Waals surface area contributed by atoms with Crippen molar-refractivity contribution in [1.29, 1.82) is 5.26 Å². The van der Waals surface area contributed by atoms with Crippen molar-refractivity contribution in [2.45, 2.75) is 33.2 Å². The number of carbonyl (C=O) groups excluding carboxylic acids is 1. The van der Waals surface area contributed by atoms with E-state index in [1.54, 1.807) is 25.3 Å². The summed E-state index contributed by atoms with van der Waals surface area (Å²) < 4.78 is 10.9. The number of nitriles is 1. The molecule has 1 N–H and O–H groups in total. The normalized spacial score (nSPS) is 11.0. The van der Waals surface area contributed by atoms with Gasteiger partial charge in [0.15, 0.2) is 11.5 Å². The lowest BCUT2D eigenvalue weighted by molar-refractivity contribution is -0.117. The van der Waals surface area contributed by atoms with Gasteiger partial charge in [0.2, 0.25) is 0 Å². The predicted molar refractivity (Wildman–Crippen MR) is 85.6 cm³/mol. The number of benzene rings is 1. The van der Waals surface area contributed by atoms with Crippen LogP contribution >= 0.6 is 0 Å². The Morgan fingerprint density at radius 3 is 2.68 bits per heavy atom. The van der Waals surface area contributed by atoms with E-state index >= 15 is 0 Å². The molecule has 0 saturated carbocycles. The van der Waals surface area contributed by atoms with Crippen LogP contribution in [0.15, 0.2) is 23.8 Å². The molecule has 0 aliphatic heterocycles. The molecule has 0 aliphatic rings. The van der Waals surface area contributed by atoms with Crippen LogP contribution in [0.4, 0.5) is 0 Å². The Morgan fingerprint density at radius 1 is 1.41 bits per heavy atom. The SMILES string of the molecule is CCCOc1cc(/C=C(/C#N)C(=O)NC(C)C)ccc1OC. The summed E-state index contributed by atoms with van der Waals surface area (Å²) in [7, 11) is 1.57. The standard InChI is InChI=1S/C17H22N2O3/c1-5-8-22-16-10-13(6-7-15(16)21-4)9-14(11-18)17(20)19-12(2)3/h6-7,9-10,12H,5,8H2,1-4H3,(H,19,20)/b14-9-. The summed E-state index contributed by atoms with van der Waals surface area (Å²) in [5, 5.41) is 11.8. The van der Waals surface area contributed by atoms with Gasteiger partial charge in [-0.3, -0.25) is 4.79 Å². The smallest absolute Gasteiger partial charge is 0.262 e. The summed E-state index contributed by atoms with van der Waals surface area (Å²) in [6.07, 6.45) is 2.42. The summed E-state index contributed by atoms with van der Waals surface area (Å²) >= 11 is 0. The zero-order chi connectivity index (χ0) is 16.5. The molecule has 22 heavy (non-hydrogen) atoms. The zero-order valence-electron chi connectivity index (χ0n) is 13.5. The molecule has 5 heteroatoms. The van der Waals surface area contributed by atoms with Crippen LogP contribution in [0.5, 0.6) is 11.5 Å². The largest absolute Gasteiger partial charge is 0.493 e. The first-order chi connectivity index (χ1) is 10.5. The first-order valence-corrected chi connectivity index (χ1v) is 7.25. The third-order valence-corrected chi connectivity index (χ3v) is 2.75. The lowest BCUT2D eigenvalue weighted by Crippen LogP contribution is -2.30. The molecule has 0 heterocycles. The molecular formula is C17H22N2O3. The minimum absolute atomic E-state index is 0.0245. The Bertz CT molecular complexity index is 586. The van der Waals surface area contributed by atoms with Gasteiger partial charge in [-0.05, 0) is 44.0 Å². The van der Waals surface area contributed by atoms with Crippen molar-refractivity contribution in [2.75, 3.05) is 13.7 Å². The molecule has 0 saturated heterocycles. The van der Waals surface area contributed by atoms with Gasteiger partial charge in [-0.15, -0.1) is 0 Å². The molecule has 1 amide bonds. The number of hydrogen-bond donors (Lipinski definition) is 1. The molecule has 0 spiro atoms. The Hall–Kier alpha value is -2.48. The molecule has 0 aromatic heterocycles. The Morgan fingerprint density at radius 2 is 2.14 bits per heavy atom. The number of hydrogen-bond acceptors (Lipinski definition) is 4. The van der Waals surface area contributed by atoms with E-state index in [9.17, 15) is 4.79 Å². The van der Waals surface area contributed by atoms with Gasteiger partial charge in [0.1, 0.15) is 11.6 Å². The van der Waals surface area contributed by atoms with Crippen LogP contribution in [0.25, 0.3) is 6.08 Å². The highest BCUT2D eigenvalue weighted by Crippen LogP contribution is 2.29. The van der Waals surface area contributed by atoms with Gasteiger partial charge in [-0.2, -0.15) is 5.26 Å². The van der Waals surface area contributed by atoms with Crippen LogP contribution in [0.3, 0.4) is 0 Å². The topological polar surface area (TPSA) is 71.3 Å². The minimum Gasteiger partial charge on any atom is -0.493 e. The number of amides is 1. The van der Waals surface area contributed by atoms with E-state index in [0.29, 0.717) is 23.7 Å². The quantitative estimate of drug-likeness (QED) is 0.621. The maximum absolute atomic E-state index is 11.9. The average molecular weight is 302 g/mol. The molecule has 118 valence electrons. The van der Waals surface area contributed by atoms with Gasteiger partial charge in [-0.25, -0.2) is 0 Å². The molecule has 0 unspecified atom stereocenters. The van der Waals surface area contributed by atoms with E-state index in [1.807, 2.05) is 26.8 Å². The molecule has 1 aromatic carbocycles. The first kappa shape index (κ1) is 17.6. The van der Waals surface area contributed by atoms with Gasteiger partial charge in [0, 0.05) is 6.04 Å². The second kappa shape index (κ2) is 8.73. The van der Waals surface area contributed by atoms with E-state index in [1.165, 1.54) is 6.08 Å². The molecular weight excluding hydrogens is 280 g/mol. The predicted octanol–water partition coefficient (Wildman–Crippen LogP) is 2.92. The number of nitrogens with one attached hydrogen (secondary N) is 1. The van der Waals surface area contributed by atoms with Crippen LogP contribution in [-0.2, 0) is 4.79 Å². The lowest BCUT2D eigenvalue weighted by atomic mass is 10.1. The second-order valence-electron chi connectivity index (χ2n) is 5.06. The highest BCUT2D eigenvalue weighted by atomic mass is 16.5. The summed E-state index contributed by atoms with van der Waals surface area (Å²) in [6.45, 7) is 6.27. The second-order valence-corrected chi connectivity index (χ2v) is 5.06. The van der Waals surface area contributed by atoms with Gasteiger partial charge in [0.05, 0.1) is 13.7 Å². The molecule has 0 bridgehead atoms. The van der Waals surface area contributed by atoms with E-state index in [4.69, 9.17) is 14.7 Å². The molecule has 0 atom stereocenters. The van der Waals surface area contributed by atoms with E-state index in [-0.39, 0.29) is 17.5 Å². The number of nitrogens with zero attached hydrogens (tertiary/aromatic N) is 1. The van der Waals surface area contributed by atoms with E-state index in [2.05, 4.69) is 5.32 Å². The van der Waals surface area contributed by atoms with Crippen molar-refractivity contribution >= 4 is 12.0 Å². The van der Waals surface area contributed by atoms with Crippen LogP contribution in [0.1, 0.15) is 32.8 Å². The summed E-state index contributed by atoms with van der Waals surface area (Å²) in [5.74, 6) is 0.833. The fourth-order valence-corrected chi connectivity index (χ4v) is 1.76.